The number of hydrogen-bond donors (Lipinski definition) is 1. The zero-order chi connectivity index (χ0) is 45.5. The number of nitrogens with one attached hydrogen (secondary N) is 1. The van der Waals surface area contributed by atoms with Crippen molar-refractivity contribution >= 4 is 23.5 Å². The molecule has 0 aliphatic carbocycles. The minimum absolute atomic E-state index is 0.249. The minimum Gasteiger partial charge on any atom is -0.379 e. The van der Waals surface area contributed by atoms with E-state index >= 15 is 0 Å². The van der Waals surface area contributed by atoms with Gasteiger partial charge >= 0.3 is 0 Å². The van der Waals surface area contributed by atoms with Crippen molar-refractivity contribution in [3.05, 3.63) is 0 Å². The first-order valence-electron chi connectivity index (χ1n) is 25.0. The molecule has 0 unspecified atom stereocenters. The molecule has 0 amide bonds. The Labute approximate surface area is 395 Å². The average molecular weight is 946 g/mol. The van der Waals surface area contributed by atoms with E-state index < -0.39 is 0 Å². The highest BCUT2D eigenvalue weighted by molar-refractivity contribution is 8.18. The molecule has 0 aromatic heterocycles. The fourth-order valence-electron chi connectivity index (χ4n) is 6.10. The number of hydrogen-bond acceptors (Lipinski definition) is 15. The van der Waals surface area contributed by atoms with Gasteiger partial charge in [-0.1, -0.05) is 110 Å². The lowest BCUT2D eigenvalue weighted by Crippen LogP contribution is -2.23. The van der Waals surface area contributed by atoms with Crippen molar-refractivity contribution < 1.29 is 56.8 Å². The highest BCUT2D eigenvalue weighted by Gasteiger charge is 2.16. The number of ether oxygens (including phenoxy) is 12. The van der Waals surface area contributed by atoms with Gasteiger partial charge in [-0.2, -0.15) is 0 Å². The summed E-state index contributed by atoms with van der Waals surface area (Å²) in [6, 6.07) is 0. The molecule has 0 rings (SSSR count). The molecule has 0 aromatic rings. The zero-order valence-electron chi connectivity index (χ0n) is 41.1. The molecule has 13 nitrogen and oxygen atoms in total. The van der Waals surface area contributed by atoms with Crippen molar-refractivity contribution in [3.63, 3.8) is 0 Å². The highest BCUT2D eigenvalue weighted by Crippen LogP contribution is 2.35. The van der Waals surface area contributed by atoms with Crippen molar-refractivity contribution in [3.8, 4) is 0 Å². The van der Waals surface area contributed by atoms with Gasteiger partial charge in [0.2, 0.25) is 0 Å². The molecule has 0 spiro atoms. The Hall–Kier alpha value is 0.180. The van der Waals surface area contributed by atoms with Crippen LogP contribution in [-0.4, -0.2) is 181 Å². The van der Waals surface area contributed by atoms with Crippen LogP contribution in [0.2, 0.25) is 0 Å². The zero-order valence-corrected chi connectivity index (χ0v) is 42.8. The molecule has 0 aliphatic heterocycles. The molecule has 380 valence electrons. The van der Waals surface area contributed by atoms with Crippen molar-refractivity contribution in [2.24, 2.45) is 0 Å². The SMILES string of the molecule is CCCCCCCCCCCCCCCCCCOCCOCCOCCOCCOCCOCCOCCOCCOCCOCCOCCOCCNCSC(C)(C)SCC. The summed E-state index contributed by atoms with van der Waals surface area (Å²) in [6.45, 7) is 23.4. The normalized spacial score (nSPS) is 12.0. The lowest BCUT2D eigenvalue weighted by Gasteiger charge is -2.22. The molecule has 0 aliphatic rings. The monoisotopic (exact) mass is 946 g/mol. The Morgan fingerprint density at radius 3 is 0.794 bits per heavy atom. The molecule has 0 fully saturated rings. The summed E-state index contributed by atoms with van der Waals surface area (Å²) >= 11 is 3.90. The molecule has 0 radical (unpaired) electrons. The topological polar surface area (TPSA) is 123 Å². The summed E-state index contributed by atoms with van der Waals surface area (Å²) < 4.78 is 67.0. The van der Waals surface area contributed by atoms with E-state index in [2.05, 4.69) is 33.0 Å². The first-order valence-corrected chi connectivity index (χ1v) is 27.0. The van der Waals surface area contributed by atoms with E-state index in [0.29, 0.717) is 152 Å². The molecule has 0 atom stereocenters. The van der Waals surface area contributed by atoms with E-state index in [-0.39, 0.29) is 4.08 Å². The van der Waals surface area contributed by atoms with Gasteiger partial charge in [-0.05, 0) is 26.0 Å². The van der Waals surface area contributed by atoms with E-state index in [4.69, 9.17) is 56.8 Å². The fourth-order valence-corrected chi connectivity index (χ4v) is 8.26. The second-order valence-corrected chi connectivity index (χ2v) is 19.5. The van der Waals surface area contributed by atoms with Gasteiger partial charge in [-0.15, -0.1) is 23.5 Å². The lowest BCUT2D eigenvalue weighted by atomic mass is 10.0. The van der Waals surface area contributed by atoms with Crippen molar-refractivity contribution in [1.82, 2.24) is 5.32 Å². The third kappa shape index (κ3) is 58.2. The molecule has 1 N–H and O–H groups in total. The summed E-state index contributed by atoms with van der Waals surface area (Å²) in [5, 5.41) is 3.41. The quantitative estimate of drug-likeness (QED) is 0.0460. The number of rotatable bonds is 58. The molecular formula is C48H99NO12S2. The van der Waals surface area contributed by atoms with E-state index in [9.17, 15) is 0 Å². The van der Waals surface area contributed by atoms with Crippen LogP contribution >= 0.6 is 23.5 Å². The molecule has 0 heterocycles. The predicted molar refractivity (Wildman–Crippen MR) is 262 cm³/mol. The van der Waals surface area contributed by atoms with Gasteiger partial charge in [-0.25, -0.2) is 0 Å². The minimum atomic E-state index is 0.249. The Morgan fingerprint density at radius 1 is 0.286 bits per heavy atom. The largest absolute Gasteiger partial charge is 0.379 e. The van der Waals surface area contributed by atoms with Crippen molar-refractivity contribution in [1.29, 1.82) is 0 Å². The fraction of sp³-hybridized carbons (Fsp3) is 1.00. The van der Waals surface area contributed by atoms with Crippen LogP contribution in [0.5, 0.6) is 0 Å². The third-order valence-corrected chi connectivity index (χ3v) is 12.4. The molecule has 0 saturated carbocycles. The maximum Gasteiger partial charge on any atom is 0.0701 e. The smallest absolute Gasteiger partial charge is 0.0701 e. The maximum atomic E-state index is 5.71. The van der Waals surface area contributed by atoms with Crippen LogP contribution in [0.15, 0.2) is 0 Å². The van der Waals surface area contributed by atoms with Gasteiger partial charge in [-0.3, -0.25) is 0 Å². The molecule has 0 bridgehead atoms. The number of thioether (sulfide) groups is 2. The summed E-state index contributed by atoms with van der Waals surface area (Å²) in [7, 11) is 0. The summed E-state index contributed by atoms with van der Waals surface area (Å²) in [5.41, 5.74) is 0. The van der Waals surface area contributed by atoms with Gasteiger partial charge in [0.25, 0.3) is 0 Å². The third-order valence-electron chi connectivity index (χ3n) is 9.67. The van der Waals surface area contributed by atoms with Crippen LogP contribution in [0.3, 0.4) is 0 Å². The van der Waals surface area contributed by atoms with Gasteiger partial charge in [0.05, 0.1) is 156 Å². The average Bonchev–Trinajstić information content (AvgIpc) is 3.27. The predicted octanol–water partition coefficient (Wildman–Crippen LogP) is 9.22. The van der Waals surface area contributed by atoms with Crippen LogP contribution in [-0.2, 0) is 56.8 Å². The second-order valence-electron chi connectivity index (χ2n) is 15.8. The molecule has 15 heteroatoms. The summed E-state index contributed by atoms with van der Waals surface area (Å²) in [6.07, 6.45) is 22.2. The van der Waals surface area contributed by atoms with Crippen LogP contribution < -0.4 is 5.32 Å². The first-order chi connectivity index (χ1) is 31.1. The molecule has 0 aromatic carbocycles. The lowest BCUT2D eigenvalue weighted by molar-refractivity contribution is -0.0283. The van der Waals surface area contributed by atoms with E-state index in [1.165, 1.54) is 96.3 Å². The van der Waals surface area contributed by atoms with E-state index in [1.807, 2.05) is 23.5 Å². The van der Waals surface area contributed by atoms with Crippen molar-refractivity contribution in [2.75, 3.05) is 177 Å². The molecule has 63 heavy (non-hydrogen) atoms. The summed E-state index contributed by atoms with van der Waals surface area (Å²) in [5.74, 6) is 2.07. The van der Waals surface area contributed by atoms with Crippen LogP contribution in [0.4, 0.5) is 0 Å². The maximum absolute atomic E-state index is 5.71. The van der Waals surface area contributed by atoms with Crippen LogP contribution in [0.1, 0.15) is 130 Å². The van der Waals surface area contributed by atoms with Gasteiger partial charge in [0.1, 0.15) is 0 Å². The highest BCUT2D eigenvalue weighted by atomic mass is 32.2. The Kier molecular flexibility index (Phi) is 56.7. The molecule has 0 saturated heterocycles. The summed E-state index contributed by atoms with van der Waals surface area (Å²) in [4.78, 5) is 0. The Balaban J connectivity index is 3.09. The number of unbranched alkanes of at least 4 members (excludes halogenated alkanes) is 15. The van der Waals surface area contributed by atoms with Gasteiger partial charge in [0.15, 0.2) is 0 Å². The first kappa shape index (κ1) is 63.2. The van der Waals surface area contributed by atoms with Gasteiger partial charge < -0.3 is 62.2 Å². The second kappa shape index (κ2) is 56.5. The van der Waals surface area contributed by atoms with Crippen molar-refractivity contribution in [2.45, 2.75) is 135 Å². The Morgan fingerprint density at radius 2 is 0.524 bits per heavy atom. The van der Waals surface area contributed by atoms with Crippen LogP contribution in [0, 0.1) is 0 Å². The van der Waals surface area contributed by atoms with E-state index in [0.717, 1.165) is 31.2 Å². The van der Waals surface area contributed by atoms with Crippen LogP contribution in [0.25, 0.3) is 0 Å². The molecular weight excluding hydrogens is 847 g/mol. The van der Waals surface area contributed by atoms with Gasteiger partial charge in [0, 0.05) is 19.0 Å². The Bertz CT molecular complexity index is 827. The standard InChI is InChI=1S/C48H99NO12S2/c1-5-7-8-9-10-11-12-13-14-15-16-17-18-19-20-21-23-50-25-27-52-29-31-54-33-35-56-37-39-58-41-43-60-45-46-61-44-42-59-40-38-57-36-34-55-32-30-53-28-26-51-24-22-49-47-63-48(3,4)62-6-2/h49H,5-47H2,1-4H3. The van der Waals surface area contributed by atoms with E-state index in [1.54, 1.807) is 0 Å².